The summed E-state index contributed by atoms with van der Waals surface area (Å²) in [5.74, 6) is -2.56. The second-order valence-electron chi connectivity index (χ2n) is 4.70. The second-order valence-corrected chi connectivity index (χ2v) is 4.70. The number of rotatable bonds is 5. The van der Waals surface area contributed by atoms with Crippen molar-refractivity contribution in [3.63, 3.8) is 0 Å². The number of carbonyl (C=O) groups is 2. The SMILES string of the molecule is CC(C(=O)O)C(C)C(=O)NC1(CO)CCC1. The molecule has 5 nitrogen and oxygen atoms in total. The van der Waals surface area contributed by atoms with Gasteiger partial charge >= 0.3 is 5.97 Å². The predicted octanol–water partition coefficient (Wildman–Crippen LogP) is 0.374. The third kappa shape index (κ3) is 2.52. The first-order chi connectivity index (χ1) is 7.42. The van der Waals surface area contributed by atoms with E-state index in [9.17, 15) is 14.7 Å². The molecule has 1 fully saturated rings. The van der Waals surface area contributed by atoms with Gasteiger partial charge in [0, 0.05) is 5.92 Å². The lowest BCUT2D eigenvalue weighted by molar-refractivity contribution is -0.146. The summed E-state index contributed by atoms with van der Waals surface area (Å²) in [6, 6.07) is 0. The molecule has 0 aromatic carbocycles. The molecule has 1 rings (SSSR count). The van der Waals surface area contributed by atoms with E-state index in [1.165, 1.54) is 6.92 Å². The summed E-state index contributed by atoms with van der Waals surface area (Å²) < 4.78 is 0. The maximum absolute atomic E-state index is 11.8. The summed E-state index contributed by atoms with van der Waals surface area (Å²) >= 11 is 0. The molecular formula is C11H19NO4. The lowest BCUT2D eigenvalue weighted by atomic mass is 9.77. The third-order valence-corrected chi connectivity index (χ3v) is 3.55. The molecule has 0 aromatic rings. The Bertz CT molecular complexity index is 280. The topological polar surface area (TPSA) is 86.6 Å². The molecule has 1 saturated carbocycles. The normalized spacial score (nSPS) is 21.7. The number of aliphatic carboxylic acids is 1. The fraction of sp³-hybridized carbons (Fsp3) is 0.818. The first-order valence-electron chi connectivity index (χ1n) is 5.57. The highest BCUT2D eigenvalue weighted by Crippen LogP contribution is 2.31. The molecule has 0 saturated heterocycles. The van der Waals surface area contributed by atoms with Gasteiger partial charge in [-0.2, -0.15) is 0 Å². The van der Waals surface area contributed by atoms with Gasteiger partial charge < -0.3 is 15.5 Å². The van der Waals surface area contributed by atoms with Gasteiger partial charge in [-0.1, -0.05) is 13.8 Å². The number of carboxylic acids is 1. The summed E-state index contributed by atoms with van der Waals surface area (Å²) in [7, 11) is 0. The van der Waals surface area contributed by atoms with Crippen LogP contribution in [0.4, 0.5) is 0 Å². The molecule has 5 heteroatoms. The van der Waals surface area contributed by atoms with Gasteiger partial charge in [0.15, 0.2) is 0 Å². The van der Waals surface area contributed by atoms with Crippen molar-refractivity contribution in [3.05, 3.63) is 0 Å². The monoisotopic (exact) mass is 229 g/mol. The number of carboxylic acid groups (broad SMARTS) is 1. The number of nitrogens with one attached hydrogen (secondary N) is 1. The van der Waals surface area contributed by atoms with Crippen LogP contribution in [0, 0.1) is 11.8 Å². The fourth-order valence-electron chi connectivity index (χ4n) is 1.74. The summed E-state index contributed by atoms with van der Waals surface area (Å²) in [5.41, 5.74) is -0.496. The van der Waals surface area contributed by atoms with Crippen molar-refractivity contribution in [2.24, 2.45) is 11.8 Å². The number of aliphatic hydroxyl groups is 1. The molecule has 2 unspecified atom stereocenters. The Morgan fingerprint density at radius 1 is 1.31 bits per heavy atom. The molecule has 0 heterocycles. The van der Waals surface area contributed by atoms with Crippen LogP contribution in [0.1, 0.15) is 33.1 Å². The first kappa shape index (κ1) is 13.0. The van der Waals surface area contributed by atoms with Crippen molar-refractivity contribution in [1.29, 1.82) is 0 Å². The fourth-order valence-corrected chi connectivity index (χ4v) is 1.74. The molecule has 92 valence electrons. The zero-order chi connectivity index (χ0) is 12.3. The highest BCUT2D eigenvalue weighted by Gasteiger charge is 2.39. The molecule has 0 spiro atoms. The smallest absolute Gasteiger partial charge is 0.307 e. The van der Waals surface area contributed by atoms with Crippen LogP contribution >= 0.6 is 0 Å². The number of carbonyl (C=O) groups excluding carboxylic acids is 1. The van der Waals surface area contributed by atoms with E-state index in [1.807, 2.05) is 0 Å². The van der Waals surface area contributed by atoms with E-state index in [0.717, 1.165) is 19.3 Å². The van der Waals surface area contributed by atoms with E-state index < -0.39 is 23.3 Å². The van der Waals surface area contributed by atoms with E-state index >= 15 is 0 Å². The average Bonchev–Trinajstić information content (AvgIpc) is 2.20. The minimum Gasteiger partial charge on any atom is -0.481 e. The Morgan fingerprint density at radius 3 is 2.19 bits per heavy atom. The minimum absolute atomic E-state index is 0.0765. The molecule has 0 radical (unpaired) electrons. The zero-order valence-corrected chi connectivity index (χ0v) is 9.69. The van der Waals surface area contributed by atoms with Crippen molar-refractivity contribution < 1.29 is 19.8 Å². The minimum atomic E-state index is -0.977. The summed E-state index contributed by atoms with van der Waals surface area (Å²) in [6.07, 6.45) is 2.52. The van der Waals surface area contributed by atoms with Crippen LogP contribution in [0.2, 0.25) is 0 Å². The zero-order valence-electron chi connectivity index (χ0n) is 9.69. The Balaban J connectivity index is 2.54. The second kappa shape index (κ2) is 4.82. The van der Waals surface area contributed by atoms with Gasteiger partial charge in [-0.25, -0.2) is 0 Å². The first-order valence-corrected chi connectivity index (χ1v) is 5.57. The van der Waals surface area contributed by atoms with Crippen molar-refractivity contribution in [1.82, 2.24) is 5.32 Å². The van der Waals surface area contributed by atoms with Gasteiger partial charge in [-0.3, -0.25) is 9.59 Å². The number of hydrogen-bond donors (Lipinski definition) is 3. The lowest BCUT2D eigenvalue weighted by Crippen LogP contribution is -2.57. The third-order valence-electron chi connectivity index (χ3n) is 3.55. The van der Waals surface area contributed by atoms with E-state index in [0.29, 0.717) is 0 Å². The molecule has 0 aromatic heterocycles. The van der Waals surface area contributed by atoms with Crippen molar-refractivity contribution in [3.8, 4) is 0 Å². The van der Waals surface area contributed by atoms with Gasteiger partial charge in [-0.15, -0.1) is 0 Å². The van der Waals surface area contributed by atoms with Crippen LogP contribution in [0.15, 0.2) is 0 Å². The van der Waals surface area contributed by atoms with E-state index in [1.54, 1.807) is 6.92 Å². The van der Waals surface area contributed by atoms with E-state index in [2.05, 4.69) is 5.32 Å². The average molecular weight is 229 g/mol. The molecular weight excluding hydrogens is 210 g/mol. The van der Waals surface area contributed by atoms with Gasteiger partial charge in [-0.05, 0) is 19.3 Å². The standard InChI is InChI=1S/C11H19NO4/c1-7(8(2)10(15)16)9(14)12-11(6-13)4-3-5-11/h7-8,13H,3-6H2,1-2H3,(H,12,14)(H,15,16). The van der Waals surface area contributed by atoms with Gasteiger partial charge in [0.1, 0.15) is 0 Å². The highest BCUT2D eigenvalue weighted by molar-refractivity contribution is 5.84. The lowest BCUT2D eigenvalue weighted by Gasteiger charge is -2.41. The maximum Gasteiger partial charge on any atom is 0.307 e. The van der Waals surface area contributed by atoms with Crippen LogP contribution in [0.3, 0.4) is 0 Å². The van der Waals surface area contributed by atoms with Crippen molar-refractivity contribution in [2.75, 3.05) is 6.61 Å². The van der Waals surface area contributed by atoms with Gasteiger partial charge in [0.25, 0.3) is 0 Å². The quantitative estimate of drug-likeness (QED) is 0.636. The van der Waals surface area contributed by atoms with Gasteiger partial charge in [0.05, 0.1) is 18.1 Å². The Kier molecular flexibility index (Phi) is 3.91. The van der Waals surface area contributed by atoms with Crippen LogP contribution in [-0.2, 0) is 9.59 Å². The number of aliphatic hydroxyl groups excluding tert-OH is 1. The summed E-state index contributed by atoms with van der Waals surface area (Å²) in [6.45, 7) is 3.03. The largest absolute Gasteiger partial charge is 0.481 e. The number of amides is 1. The van der Waals surface area contributed by atoms with Crippen LogP contribution < -0.4 is 5.32 Å². The van der Waals surface area contributed by atoms with Crippen molar-refractivity contribution >= 4 is 11.9 Å². The molecule has 3 N–H and O–H groups in total. The van der Waals surface area contributed by atoms with E-state index in [4.69, 9.17) is 5.11 Å². The molecule has 0 bridgehead atoms. The van der Waals surface area contributed by atoms with Crippen LogP contribution in [-0.4, -0.2) is 34.2 Å². The number of hydrogen-bond acceptors (Lipinski definition) is 3. The Morgan fingerprint density at radius 2 is 1.88 bits per heavy atom. The van der Waals surface area contributed by atoms with E-state index in [-0.39, 0.29) is 12.5 Å². The molecule has 0 aliphatic heterocycles. The molecule has 16 heavy (non-hydrogen) atoms. The van der Waals surface area contributed by atoms with Crippen molar-refractivity contribution in [2.45, 2.75) is 38.6 Å². The van der Waals surface area contributed by atoms with Crippen LogP contribution in [0.5, 0.6) is 0 Å². The predicted molar refractivity (Wildman–Crippen MR) is 57.8 cm³/mol. The van der Waals surface area contributed by atoms with Gasteiger partial charge in [0.2, 0.25) is 5.91 Å². The molecule has 1 amide bonds. The maximum atomic E-state index is 11.8. The Hall–Kier alpha value is -1.10. The molecule has 2 atom stereocenters. The summed E-state index contributed by atoms with van der Waals surface area (Å²) in [4.78, 5) is 22.5. The summed E-state index contributed by atoms with van der Waals surface area (Å²) in [5, 5.41) is 20.7. The Labute approximate surface area is 94.8 Å². The van der Waals surface area contributed by atoms with Crippen LogP contribution in [0.25, 0.3) is 0 Å². The highest BCUT2D eigenvalue weighted by atomic mass is 16.4. The molecule has 1 aliphatic carbocycles. The molecule has 1 aliphatic rings.